The van der Waals surface area contributed by atoms with Gasteiger partial charge in [-0.05, 0) is 109 Å². The first-order valence-electron chi connectivity index (χ1n) is 14.6. The summed E-state index contributed by atoms with van der Waals surface area (Å²) in [5.41, 5.74) is 14.1. The summed E-state index contributed by atoms with van der Waals surface area (Å²) in [5.74, 6) is 0. The normalized spacial score (nSPS) is 16.3. The fourth-order valence-electron chi connectivity index (χ4n) is 5.80. The summed E-state index contributed by atoms with van der Waals surface area (Å²) in [6.45, 7) is 0. The Balaban J connectivity index is 0.000000255. The number of benzene rings is 3. The summed E-state index contributed by atoms with van der Waals surface area (Å²) >= 11 is 6.84. The zero-order valence-electron chi connectivity index (χ0n) is 24.6. The second-order valence-corrected chi connectivity index (χ2v) is 12.9. The van der Waals surface area contributed by atoms with Gasteiger partial charge in [-0.15, -0.1) is 0 Å². The van der Waals surface area contributed by atoms with Crippen LogP contribution >= 0.6 is 31.9 Å². The minimum atomic E-state index is -1.09. The molecular formula is C33H41Br2N3O5. The zero-order chi connectivity index (χ0) is 30.9. The van der Waals surface area contributed by atoms with Crippen LogP contribution in [0.1, 0.15) is 46.2 Å². The molecular weight excluding hydrogens is 678 g/mol. The molecule has 8 nitrogen and oxygen atoms in total. The number of urea groups is 1. The van der Waals surface area contributed by atoms with Crippen molar-refractivity contribution in [2.45, 2.75) is 76.0 Å². The number of hydrogen-bond acceptors (Lipinski definition) is 6. The number of aliphatic hydroxyl groups is 2. The van der Waals surface area contributed by atoms with Crippen LogP contribution in [0.5, 0.6) is 0 Å². The van der Waals surface area contributed by atoms with Crippen molar-refractivity contribution in [3.8, 4) is 0 Å². The Bertz CT molecular complexity index is 1360. The highest BCUT2D eigenvalue weighted by atomic mass is 79.9. The standard InChI is InChI=1S/C23H27BrN2O3.C10H14BrNO2/c1-29-22(27)20(12-14-5-2-8-17(24)11-14)25-23(28)26-21-18-9-3-6-15(18)13-16-7-4-10-19(16)21;1-14-10(13)9(12)6-7-3-2-4-8(11)5-7/h2,5,8,11,13,20,22,27H,3-4,6-7,9-10,12H2,1H3,(H2,25,26,28);2-5,9-10,13H,6,12H2,1H3. The highest BCUT2D eigenvalue weighted by molar-refractivity contribution is 9.10. The molecule has 0 heterocycles. The van der Waals surface area contributed by atoms with E-state index in [4.69, 9.17) is 15.2 Å². The van der Waals surface area contributed by atoms with Gasteiger partial charge >= 0.3 is 6.03 Å². The maximum Gasteiger partial charge on any atom is 0.319 e. The monoisotopic (exact) mass is 717 g/mol. The fraction of sp³-hybridized carbons (Fsp3) is 0.424. The molecule has 0 aliphatic heterocycles. The summed E-state index contributed by atoms with van der Waals surface area (Å²) < 4.78 is 11.8. The fourth-order valence-corrected chi connectivity index (χ4v) is 6.70. The van der Waals surface area contributed by atoms with Gasteiger partial charge in [0, 0.05) is 28.9 Å². The van der Waals surface area contributed by atoms with Gasteiger partial charge < -0.3 is 36.1 Å². The summed E-state index contributed by atoms with van der Waals surface area (Å²) in [7, 11) is 2.88. The number of nitrogens with one attached hydrogen (secondary N) is 2. The van der Waals surface area contributed by atoms with Gasteiger partial charge in [-0.2, -0.15) is 0 Å². The number of carbonyl (C=O) groups is 1. The summed E-state index contributed by atoms with van der Waals surface area (Å²) in [5, 5.41) is 25.6. The molecule has 3 aromatic rings. The smallest absolute Gasteiger partial charge is 0.319 e. The molecule has 5 rings (SSSR count). The number of aryl methyl sites for hydroxylation is 2. The lowest BCUT2D eigenvalue weighted by Gasteiger charge is -2.24. The van der Waals surface area contributed by atoms with Gasteiger partial charge in [0.05, 0.1) is 12.1 Å². The van der Waals surface area contributed by atoms with Crippen LogP contribution in [0.2, 0.25) is 0 Å². The Labute approximate surface area is 270 Å². The lowest BCUT2D eigenvalue weighted by atomic mass is 9.99. The molecule has 2 aliphatic rings. The Morgan fingerprint density at radius 1 is 0.837 bits per heavy atom. The first-order valence-corrected chi connectivity index (χ1v) is 16.2. The van der Waals surface area contributed by atoms with Gasteiger partial charge in [0.15, 0.2) is 12.6 Å². The highest BCUT2D eigenvalue weighted by Gasteiger charge is 2.27. The van der Waals surface area contributed by atoms with Crippen molar-refractivity contribution in [1.82, 2.24) is 5.32 Å². The number of rotatable bonds is 10. The van der Waals surface area contributed by atoms with Gasteiger partial charge in [-0.3, -0.25) is 0 Å². The van der Waals surface area contributed by atoms with E-state index in [2.05, 4.69) is 48.6 Å². The van der Waals surface area contributed by atoms with Crippen LogP contribution in [0.3, 0.4) is 0 Å². The van der Waals surface area contributed by atoms with Crippen LogP contribution in [-0.4, -0.2) is 55.1 Å². The predicted molar refractivity (Wildman–Crippen MR) is 176 cm³/mol. The molecule has 10 heteroatoms. The molecule has 0 saturated heterocycles. The van der Waals surface area contributed by atoms with Crippen molar-refractivity contribution in [1.29, 1.82) is 0 Å². The average Bonchev–Trinajstić information content (AvgIpc) is 3.66. The number of halogens is 2. The second kappa shape index (κ2) is 16.1. The molecule has 0 fully saturated rings. The molecule has 4 atom stereocenters. The lowest BCUT2D eigenvalue weighted by molar-refractivity contribution is -0.0939. The van der Waals surface area contributed by atoms with Crippen LogP contribution in [0, 0.1) is 0 Å². The van der Waals surface area contributed by atoms with E-state index in [0.717, 1.165) is 64.3 Å². The average molecular weight is 720 g/mol. The quantitative estimate of drug-likeness (QED) is 0.179. The van der Waals surface area contributed by atoms with E-state index in [9.17, 15) is 15.0 Å². The van der Waals surface area contributed by atoms with Crippen molar-refractivity contribution >= 4 is 43.6 Å². The number of carbonyl (C=O) groups excluding carboxylic acids is 1. The molecule has 0 aromatic heterocycles. The second-order valence-electron chi connectivity index (χ2n) is 11.0. The largest absolute Gasteiger partial charge is 0.367 e. The number of anilines is 1. The van der Waals surface area contributed by atoms with Crippen LogP contribution in [0.4, 0.5) is 10.5 Å². The molecule has 3 aromatic carbocycles. The number of nitrogens with two attached hydrogens (primary N) is 1. The molecule has 2 aliphatic carbocycles. The van der Waals surface area contributed by atoms with E-state index in [1.54, 1.807) is 0 Å². The van der Waals surface area contributed by atoms with Gasteiger partial charge in [0.2, 0.25) is 0 Å². The van der Waals surface area contributed by atoms with E-state index in [0.29, 0.717) is 12.8 Å². The van der Waals surface area contributed by atoms with E-state index in [-0.39, 0.29) is 6.03 Å². The maximum atomic E-state index is 12.9. The molecule has 43 heavy (non-hydrogen) atoms. The summed E-state index contributed by atoms with van der Waals surface area (Å²) in [6, 6.07) is 16.8. The molecule has 2 amide bonds. The number of amides is 2. The Hall–Kier alpha value is -2.31. The number of fused-ring (bicyclic) bond motifs is 2. The number of hydrogen-bond donors (Lipinski definition) is 5. The molecule has 232 valence electrons. The molecule has 6 N–H and O–H groups in total. The third-order valence-electron chi connectivity index (χ3n) is 7.93. The minimum absolute atomic E-state index is 0.296. The molecule has 0 saturated carbocycles. The van der Waals surface area contributed by atoms with Gasteiger partial charge in [-0.25, -0.2) is 4.79 Å². The molecule has 0 spiro atoms. The third-order valence-corrected chi connectivity index (χ3v) is 8.91. The van der Waals surface area contributed by atoms with Crippen LogP contribution in [0.15, 0.2) is 63.5 Å². The molecule has 0 bridgehead atoms. The molecule has 0 radical (unpaired) electrons. The van der Waals surface area contributed by atoms with Gasteiger partial charge in [0.1, 0.15) is 0 Å². The number of methoxy groups -OCH3 is 2. The Morgan fingerprint density at radius 2 is 1.37 bits per heavy atom. The Kier molecular flexibility index (Phi) is 12.6. The predicted octanol–water partition coefficient (Wildman–Crippen LogP) is 5.41. The number of ether oxygens (including phenoxy) is 2. The number of aliphatic hydroxyl groups excluding tert-OH is 2. The summed E-state index contributed by atoms with van der Waals surface area (Å²) in [4.78, 5) is 12.9. The first-order chi connectivity index (χ1) is 20.7. The van der Waals surface area contributed by atoms with Crippen molar-refractivity contribution in [3.05, 3.63) is 96.9 Å². The molecule has 4 unspecified atom stereocenters. The van der Waals surface area contributed by atoms with Crippen LogP contribution in [0.25, 0.3) is 0 Å². The van der Waals surface area contributed by atoms with E-state index in [1.165, 1.54) is 36.5 Å². The van der Waals surface area contributed by atoms with E-state index in [1.807, 2.05) is 48.5 Å². The van der Waals surface area contributed by atoms with Crippen molar-refractivity contribution in [2.24, 2.45) is 5.73 Å². The maximum absolute atomic E-state index is 12.9. The highest BCUT2D eigenvalue weighted by Crippen LogP contribution is 2.38. The van der Waals surface area contributed by atoms with Gasteiger partial charge in [0.25, 0.3) is 0 Å². The van der Waals surface area contributed by atoms with Crippen LogP contribution < -0.4 is 16.4 Å². The minimum Gasteiger partial charge on any atom is -0.367 e. The van der Waals surface area contributed by atoms with E-state index >= 15 is 0 Å². The Morgan fingerprint density at radius 3 is 1.88 bits per heavy atom. The topological polar surface area (TPSA) is 126 Å². The first kappa shape index (κ1) is 33.6. The van der Waals surface area contributed by atoms with Crippen molar-refractivity contribution in [3.63, 3.8) is 0 Å². The third kappa shape index (κ3) is 9.34. The van der Waals surface area contributed by atoms with Gasteiger partial charge in [-0.1, -0.05) is 62.2 Å². The van der Waals surface area contributed by atoms with Crippen molar-refractivity contribution in [2.75, 3.05) is 19.5 Å². The summed E-state index contributed by atoms with van der Waals surface area (Å²) in [6.07, 6.45) is 5.55. The van der Waals surface area contributed by atoms with Crippen LogP contribution in [-0.2, 0) is 48.0 Å². The lowest BCUT2D eigenvalue weighted by Crippen LogP contribution is -2.47. The SMILES string of the molecule is COC(O)C(Cc1cccc(Br)c1)NC(=O)Nc1c2c(cc3c1CCC3)CCC2.COC(O)C(N)Cc1cccc(Br)c1. The van der Waals surface area contributed by atoms with E-state index < -0.39 is 24.7 Å². The zero-order valence-corrected chi connectivity index (χ0v) is 27.8. The van der Waals surface area contributed by atoms with Crippen molar-refractivity contribution < 1.29 is 24.5 Å².